The highest BCUT2D eigenvalue weighted by molar-refractivity contribution is 6.21. The van der Waals surface area contributed by atoms with Gasteiger partial charge in [-0.25, -0.2) is 39.5 Å². The smallest absolute Gasteiger partial charge is 0.207 e. The van der Waals surface area contributed by atoms with Crippen LogP contribution in [-0.2, 0) is 6.18 Å². The minimum atomic E-state index is -5.87. The fourth-order valence-electron chi connectivity index (χ4n) is 4.54. The van der Waals surface area contributed by atoms with Crippen LogP contribution >= 0.6 is 0 Å². The first-order valence-corrected chi connectivity index (χ1v) is 10.6. The van der Waals surface area contributed by atoms with Crippen LogP contribution in [0.15, 0.2) is 48.5 Å². The SMILES string of the molecule is Fc1ccc(-c2c3ccc(F)cc3c(-c3c(F)c(F)c(C(F)(F)F)c(F)c3F)c3cc(F)c(F)cc23)c(F)c1. The normalized spacial score (nSPS) is 12.1. The third-order valence-corrected chi connectivity index (χ3v) is 6.12. The van der Waals surface area contributed by atoms with E-state index in [1.807, 2.05) is 0 Å². The summed E-state index contributed by atoms with van der Waals surface area (Å²) in [7, 11) is 0. The number of halogens is 12. The van der Waals surface area contributed by atoms with Crippen LogP contribution in [0.2, 0.25) is 0 Å². The van der Waals surface area contributed by atoms with Crippen LogP contribution in [0.3, 0.4) is 0 Å². The van der Waals surface area contributed by atoms with E-state index in [2.05, 4.69) is 0 Å². The maximum Gasteiger partial charge on any atom is 0.422 e. The van der Waals surface area contributed by atoms with Gasteiger partial charge in [-0.2, -0.15) is 13.2 Å². The van der Waals surface area contributed by atoms with E-state index in [9.17, 15) is 43.9 Å². The van der Waals surface area contributed by atoms with Gasteiger partial charge < -0.3 is 0 Å². The highest BCUT2D eigenvalue weighted by Crippen LogP contribution is 2.48. The molecule has 200 valence electrons. The van der Waals surface area contributed by atoms with E-state index in [4.69, 9.17) is 0 Å². The number of rotatable bonds is 2. The minimum Gasteiger partial charge on any atom is -0.207 e. The van der Waals surface area contributed by atoms with Crippen LogP contribution in [0.4, 0.5) is 52.7 Å². The summed E-state index contributed by atoms with van der Waals surface area (Å²) in [6.45, 7) is 0. The monoisotopic (exact) mass is 560 g/mol. The Kier molecular flexibility index (Phi) is 6.04. The molecule has 5 aromatic carbocycles. The first-order chi connectivity index (χ1) is 18.2. The van der Waals surface area contributed by atoms with E-state index in [-0.39, 0.29) is 10.9 Å². The second-order valence-corrected chi connectivity index (χ2v) is 8.38. The summed E-state index contributed by atoms with van der Waals surface area (Å²) in [6, 6.07) is 5.02. The second kappa shape index (κ2) is 8.92. The van der Waals surface area contributed by atoms with Gasteiger partial charge in [-0.15, -0.1) is 0 Å². The van der Waals surface area contributed by atoms with Crippen molar-refractivity contribution in [3.8, 4) is 22.3 Å². The van der Waals surface area contributed by atoms with Gasteiger partial charge in [-0.3, -0.25) is 0 Å². The lowest BCUT2D eigenvalue weighted by Gasteiger charge is -2.20. The van der Waals surface area contributed by atoms with Crippen LogP contribution < -0.4 is 0 Å². The summed E-state index contributed by atoms with van der Waals surface area (Å²) in [5.41, 5.74) is -6.56. The zero-order valence-corrected chi connectivity index (χ0v) is 18.7. The molecule has 39 heavy (non-hydrogen) atoms. The standard InChI is InChI=1S/C27H8F12/c28-9-1-3-11-13(5-9)20(21-23(33)25(35)22(27(37,38)39)26(36)24(21)34)15-8-18(32)17(31)7-14(15)19(11)12-4-2-10(29)6-16(12)30/h1-8H. The Hall–Kier alpha value is -4.22. The van der Waals surface area contributed by atoms with Crippen LogP contribution in [0.25, 0.3) is 43.8 Å². The lowest BCUT2D eigenvalue weighted by atomic mass is 9.85. The van der Waals surface area contributed by atoms with E-state index in [0.29, 0.717) is 24.3 Å². The van der Waals surface area contributed by atoms with Crippen LogP contribution in [0.5, 0.6) is 0 Å². The predicted molar refractivity (Wildman–Crippen MR) is 117 cm³/mol. The Bertz CT molecular complexity index is 1810. The van der Waals surface area contributed by atoms with Gasteiger partial charge in [0.25, 0.3) is 0 Å². The molecular formula is C27H8F12. The number of benzene rings is 5. The molecule has 0 fully saturated rings. The van der Waals surface area contributed by atoms with Gasteiger partial charge in [-0.1, -0.05) is 6.07 Å². The average Bonchev–Trinajstić information content (AvgIpc) is 2.84. The van der Waals surface area contributed by atoms with Gasteiger partial charge in [0.2, 0.25) is 0 Å². The Morgan fingerprint density at radius 1 is 0.410 bits per heavy atom. The van der Waals surface area contributed by atoms with Gasteiger partial charge in [0, 0.05) is 22.8 Å². The summed E-state index contributed by atoms with van der Waals surface area (Å²) < 4.78 is 170. The second-order valence-electron chi connectivity index (χ2n) is 8.38. The van der Waals surface area contributed by atoms with Gasteiger partial charge >= 0.3 is 6.18 Å². The Labute approximate surface area is 209 Å². The molecule has 5 rings (SSSR count). The Morgan fingerprint density at radius 2 is 0.897 bits per heavy atom. The van der Waals surface area contributed by atoms with Crippen molar-refractivity contribution in [2.24, 2.45) is 0 Å². The molecule has 0 radical (unpaired) electrons. The molecule has 0 unspecified atom stereocenters. The van der Waals surface area contributed by atoms with Crippen LogP contribution in [-0.4, -0.2) is 0 Å². The minimum absolute atomic E-state index is 0.293. The Balaban J connectivity index is 2.08. The summed E-state index contributed by atoms with van der Waals surface area (Å²) in [4.78, 5) is 0. The van der Waals surface area contributed by atoms with E-state index in [1.54, 1.807) is 0 Å². The molecule has 0 saturated carbocycles. The number of fused-ring (bicyclic) bond motifs is 2. The molecule has 0 amide bonds. The van der Waals surface area contributed by atoms with E-state index < -0.39 is 96.9 Å². The first kappa shape index (κ1) is 26.4. The third kappa shape index (κ3) is 4.05. The maximum atomic E-state index is 15.1. The van der Waals surface area contributed by atoms with E-state index in [0.717, 1.165) is 24.3 Å². The maximum absolute atomic E-state index is 15.1. The van der Waals surface area contributed by atoms with Crippen molar-refractivity contribution in [3.63, 3.8) is 0 Å². The van der Waals surface area contributed by atoms with Gasteiger partial charge in [0.1, 0.15) is 23.0 Å². The van der Waals surface area contributed by atoms with Crippen molar-refractivity contribution in [2.45, 2.75) is 6.18 Å². The molecule has 0 saturated heterocycles. The number of hydrogen-bond donors (Lipinski definition) is 0. The topological polar surface area (TPSA) is 0 Å². The van der Waals surface area contributed by atoms with Crippen LogP contribution in [0.1, 0.15) is 5.56 Å². The molecule has 0 atom stereocenters. The quantitative estimate of drug-likeness (QED) is 0.115. The van der Waals surface area contributed by atoms with E-state index >= 15 is 8.78 Å². The number of alkyl halides is 3. The molecule has 0 aliphatic rings. The number of hydrogen-bond acceptors (Lipinski definition) is 0. The molecule has 0 aromatic heterocycles. The summed E-state index contributed by atoms with van der Waals surface area (Å²) >= 11 is 0. The van der Waals surface area contributed by atoms with Crippen molar-refractivity contribution in [1.82, 2.24) is 0 Å². The predicted octanol–water partition coefficient (Wildman–Crippen LogP) is 9.60. The van der Waals surface area contributed by atoms with Crippen molar-refractivity contribution < 1.29 is 52.7 Å². The largest absolute Gasteiger partial charge is 0.422 e. The summed E-state index contributed by atoms with van der Waals surface area (Å²) in [6.07, 6.45) is -5.87. The van der Waals surface area contributed by atoms with Crippen molar-refractivity contribution in [3.05, 3.63) is 106 Å². The lowest BCUT2D eigenvalue weighted by Crippen LogP contribution is -2.16. The lowest BCUT2D eigenvalue weighted by molar-refractivity contribution is -0.143. The van der Waals surface area contributed by atoms with Crippen molar-refractivity contribution in [2.75, 3.05) is 0 Å². The summed E-state index contributed by atoms with van der Waals surface area (Å²) in [5, 5.41) is -2.34. The van der Waals surface area contributed by atoms with Gasteiger partial charge in [0.15, 0.2) is 34.9 Å². The Morgan fingerprint density at radius 3 is 1.44 bits per heavy atom. The highest BCUT2D eigenvalue weighted by Gasteiger charge is 2.43. The highest BCUT2D eigenvalue weighted by atomic mass is 19.4. The molecule has 0 aliphatic heterocycles. The molecular weight excluding hydrogens is 552 g/mol. The molecule has 5 aromatic rings. The van der Waals surface area contributed by atoms with Crippen molar-refractivity contribution >= 4 is 21.5 Å². The average molecular weight is 560 g/mol. The molecule has 0 heterocycles. The molecule has 0 spiro atoms. The van der Waals surface area contributed by atoms with Crippen molar-refractivity contribution in [1.29, 1.82) is 0 Å². The first-order valence-electron chi connectivity index (χ1n) is 10.6. The zero-order chi connectivity index (χ0) is 28.5. The molecule has 0 aliphatic carbocycles. The third-order valence-electron chi connectivity index (χ3n) is 6.12. The molecule has 0 N–H and O–H groups in total. The summed E-state index contributed by atoms with van der Waals surface area (Å²) in [5.74, 6) is -17.5. The molecule has 0 bridgehead atoms. The van der Waals surface area contributed by atoms with Gasteiger partial charge in [-0.05, 0) is 57.9 Å². The zero-order valence-electron chi connectivity index (χ0n) is 18.7. The molecule has 0 nitrogen and oxygen atoms in total. The van der Waals surface area contributed by atoms with E-state index in [1.165, 1.54) is 0 Å². The van der Waals surface area contributed by atoms with Crippen LogP contribution in [0, 0.1) is 52.4 Å². The van der Waals surface area contributed by atoms with Gasteiger partial charge in [0.05, 0.1) is 5.56 Å². The fraction of sp³-hybridized carbons (Fsp3) is 0.0370. The fourth-order valence-corrected chi connectivity index (χ4v) is 4.54. The molecule has 12 heteroatoms.